The highest BCUT2D eigenvalue weighted by Gasteiger charge is 2.16. The number of anilines is 3. The van der Waals surface area contributed by atoms with Crippen LogP contribution in [0.2, 0.25) is 10.0 Å². The fraction of sp³-hybridized carbons (Fsp3) is 0. The Morgan fingerprint density at radius 1 is 1.15 bits per heavy atom. The number of nitrogens with zero attached hydrogens (tertiary/aromatic N) is 6. The Bertz CT molecular complexity index is 1190. The molecule has 0 amide bonds. The number of para-hydroxylation sites is 1. The second-order valence-electron chi connectivity index (χ2n) is 5.49. The van der Waals surface area contributed by atoms with Crippen molar-refractivity contribution < 1.29 is 0 Å². The van der Waals surface area contributed by atoms with Crippen molar-refractivity contribution in [2.45, 2.75) is 0 Å². The lowest BCUT2D eigenvalue weighted by molar-refractivity contribution is 0.896. The molecule has 0 aliphatic carbocycles. The minimum Gasteiger partial charge on any atom is -0.384 e. The van der Waals surface area contributed by atoms with Crippen LogP contribution in [0.5, 0.6) is 0 Å². The fourth-order valence-electron chi connectivity index (χ4n) is 2.57. The molecule has 0 saturated heterocycles. The average Bonchev–Trinajstić information content (AvgIpc) is 3.07. The van der Waals surface area contributed by atoms with Crippen LogP contribution in [0.3, 0.4) is 0 Å². The molecule has 0 atom stereocenters. The highest BCUT2D eigenvalue weighted by molar-refractivity contribution is 6.37. The zero-order valence-electron chi connectivity index (χ0n) is 13.6. The van der Waals surface area contributed by atoms with Crippen molar-refractivity contribution >= 4 is 51.6 Å². The number of rotatable bonds is 3. The summed E-state index contributed by atoms with van der Waals surface area (Å²) in [5.74, 6) is 1.23. The van der Waals surface area contributed by atoms with Crippen molar-refractivity contribution in [2.24, 2.45) is 0 Å². The summed E-state index contributed by atoms with van der Waals surface area (Å²) < 4.78 is 1.53. The van der Waals surface area contributed by atoms with Crippen LogP contribution in [0.4, 0.5) is 17.5 Å². The summed E-state index contributed by atoms with van der Waals surface area (Å²) in [5, 5.41) is 18.4. The quantitative estimate of drug-likeness (QED) is 0.541. The number of nitrogens with two attached hydrogens (primary N) is 1. The van der Waals surface area contributed by atoms with E-state index in [9.17, 15) is 5.26 Å². The van der Waals surface area contributed by atoms with Gasteiger partial charge in [0.05, 0.1) is 21.0 Å². The van der Waals surface area contributed by atoms with Gasteiger partial charge in [0.2, 0.25) is 0 Å². The maximum atomic E-state index is 9.39. The first kappa shape index (κ1) is 17.0. The maximum absolute atomic E-state index is 9.39. The van der Waals surface area contributed by atoms with Gasteiger partial charge >= 0.3 is 0 Å². The Morgan fingerprint density at radius 2 is 1.93 bits per heavy atom. The van der Waals surface area contributed by atoms with Crippen LogP contribution in [0, 0.1) is 11.3 Å². The van der Waals surface area contributed by atoms with E-state index in [0.717, 1.165) is 0 Å². The molecule has 27 heavy (non-hydrogen) atoms. The SMILES string of the molecule is N#Cc1cnc(Nc2cc(N)ncn2)c2cn(-c3c(Cl)cccc3Cl)nc12. The van der Waals surface area contributed by atoms with E-state index < -0.39 is 0 Å². The predicted molar refractivity (Wildman–Crippen MR) is 103 cm³/mol. The zero-order chi connectivity index (χ0) is 19.0. The number of nitrogens with one attached hydrogen (secondary N) is 1. The van der Waals surface area contributed by atoms with Gasteiger partial charge in [-0.25, -0.2) is 19.6 Å². The number of benzene rings is 1. The van der Waals surface area contributed by atoms with Crippen molar-refractivity contribution in [3.63, 3.8) is 0 Å². The normalized spacial score (nSPS) is 10.7. The number of fused-ring (bicyclic) bond motifs is 1. The third kappa shape index (κ3) is 3.10. The van der Waals surface area contributed by atoms with Gasteiger partial charge < -0.3 is 11.1 Å². The van der Waals surface area contributed by atoms with Crippen LogP contribution < -0.4 is 11.1 Å². The lowest BCUT2D eigenvalue weighted by Gasteiger charge is -2.06. The number of nitriles is 1. The fourth-order valence-corrected chi connectivity index (χ4v) is 3.14. The lowest BCUT2D eigenvalue weighted by Crippen LogP contribution is -1.99. The molecular weight excluding hydrogens is 387 g/mol. The molecule has 132 valence electrons. The van der Waals surface area contributed by atoms with Crippen LogP contribution >= 0.6 is 23.2 Å². The van der Waals surface area contributed by atoms with Gasteiger partial charge in [0.1, 0.15) is 41.1 Å². The molecule has 1 aromatic carbocycles. The van der Waals surface area contributed by atoms with Crippen molar-refractivity contribution in [3.8, 4) is 11.8 Å². The van der Waals surface area contributed by atoms with E-state index in [1.54, 1.807) is 30.5 Å². The average molecular weight is 397 g/mol. The van der Waals surface area contributed by atoms with Crippen LogP contribution in [-0.2, 0) is 0 Å². The molecular formula is C17H10Cl2N8. The lowest BCUT2D eigenvalue weighted by atomic mass is 10.2. The Labute approximate surface area is 163 Å². The predicted octanol–water partition coefficient (Wildman–Crippen LogP) is 3.71. The molecule has 0 spiro atoms. The van der Waals surface area contributed by atoms with E-state index in [2.05, 4.69) is 31.4 Å². The summed E-state index contributed by atoms with van der Waals surface area (Å²) in [4.78, 5) is 12.3. The molecule has 0 saturated carbocycles. The molecule has 0 fully saturated rings. The second-order valence-corrected chi connectivity index (χ2v) is 6.31. The van der Waals surface area contributed by atoms with E-state index in [4.69, 9.17) is 28.9 Å². The number of pyridine rings is 1. The van der Waals surface area contributed by atoms with Gasteiger partial charge in [-0.05, 0) is 12.1 Å². The number of halogens is 2. The monoisotopic (exact) mass is 396 g/mol. The second kappa shape index (κ2) is 6.72. The van der Waals surface area contributed by atoms with Gasteiger partial charge in [-0.15, -0.1) is 0 Å². The van der Waals surface area contributed by atoms with Gasteiger partial charge in [0.15, 0.2) is 0 Å². The van der Waals surface area contributed by atoms with Crippen LogP contribution in [0.15, 0.2) is 43.0 Å². The van der Waals surface area contributed by atoms with E-state index in [1.807, 2.05) is 0 Å². The largest absolute Gasteiger partial charge is 0.384 e. The highest BCUT2D eigenvalue weighted by atomic mass is 35.5. The van der Waals surface area contributed by atoms with Gasteiger partial charge in [-0.2, -0.15) is 10.4 Å². The van der Waals surface area contributed by atoms with E-state index in [1.165, 1.54) is 17.2 Å². The topological polar surface area (TPSA) is 118 Å². The van der Waals surface area contributed by atoms with Crippen molar-refractivity contribution in [1.29, 1.82) is 5.26 Å². The van der Waals surface area contributed by atoms with Gasteiger partial charge in [-0.1, -0.05) is 29.3 Å². The van der Waals surface area contributed by atoms with Crippen LogP contribution in [-0.4, -0.2) is 24.7 Å². The first-order valence-electron chi connectivity index (χ1n) is 7.64. The van der Waals surface area contributed by atoms with Gasteiger partial charge in [-0.3, -0.25) is 0 Å². The Morgan fingerprint density at radius 3 is 2.63 bits per heavy atom. The van der Waals surface area contributed by atoms with E-state index in [-0.39, 0.29) is 0 Å². The first-order valence-corrected chi connectivity index (χ1v) is 8.40. The maximum Gasteiger partial charge on any atom is 0.142 e. The van der Waals surface area contributed by atoms with Gasteiger partial charge in [0, 0.05) is 18.5 Å². The molecule has 3 N–H and O–H groups in total. The minimum atomic E-state index is 0.316. The Balaban J connectivity index is 1.90. The third-order valence-electron chi connectivity index (χ3n) is 3.77. The Kier molecular flexibility index (Phi) is 4.24. The molecule has 3 aromatic heterocycles. The molecule has 4 rings (SSSR count). The summed E-state index contributed by atoms with van der Waals surface area (Å²) in [7, 11) is 0. The highest BCUT2D eigenvalue weighted by Crippen LogP contribution is 2.32. The Hall–Kier alpha value is -3.41. The molecule has 0 aliphatic heterocycles. The van der Waals surface area contributed by atoms with Crippen molar-refractivity contribution in [2.75, 3.05) is 11.1 Å². The molecule has 3 heterocycles. The smallest absolute Gasteiger partial charge is 0.142 e. The standard InChI is InChI=1S/C17H10Cl2N8/c18-11-2-1-3-12(19)16(11)27-7-10-15(26-27)9(5-20)6-22-17(10)25-14-4-13(21)23-8-24-14/h1-4,6-8H,(H3,21,22,23,24,25). The summed E-state index contributed by atoms with van der Waals surface area (Å²) in [6.07, 6.45) is 4.47. The van der Waals surface area contributed by atoms with E-state index >= 15 is 0 Å². The molecule has 8 nitrogen and oxygen atoms in total. The molecule has 4 aromatic rings. The summed E-state index contributed by atoms with van der Waals surface area (Å²) >= 11 is 12.6. The van der Waals surface area contributed by atoms with Crippen molar-refractivity contribution in [1.82, 2.24) is 24.7 Å². The summed E-state index contributed by atoms with van der Waals surface area (Å²) in [5.41, 5.74) is 6.97. The molecule has 0 unspecified atom stereocenters. The third-order valence-corrected chi connectivity index (χ3v) is 4.38. The molecule has 0 bridgehead atoms. The molecule has 10 heteroatoms. The number of aromatic nitrogens is 5. The zero-order valence-corrected chi connectivity index (χ0v) is 15.1. The number of nitrogen functional groups attached to an aromatic ring is 1. The number of hydrogen-bond donors (Lipinski definition) is 2. The van der Waals surface area contributed by atoms with Crippen LogP contribution in [0.25, 0.3) is 16.6 Å². The molecule has 0 aliphatic rings. The minimum absolute atomic E-state index is 0.316. The number of hydrogen-bond acceptors (Lipinski definition) is 7. The molecule has 0 radical (unpaired) electrons. The van der Waals surface area contributed by atoms with E-state index in [0.29, 0.717) is 49.7 Å². The van der Waals surface area contributed by atoms with Crippen LogP contribution in [0.1, 0.15) is 5.56 Å². The van der Waals surface area contributed by atoms with Gasteiger partial charge in [0.25, 0.3) is 0 Å². The summed E-state index contributed by atoms with van der Waals surface area (Å²) in [6, 6.07) is 8.82. The van der Waals surface area contributed by atoms with Crippen molar-refractivity contribution in [3.05, 3.63) is 58.6 Å². The summed E-state index contributed by atoms with van der Waals surface area (Å²) in [6.45, 7) is 0. The first-order chi connectivity index (χ1) is 13.1.